The standard InChI is InChI=1S/C6H12N4S.ClH/c1-3-4-11-6(9-2)10-5(7)8;/h3H,1,4H2,2H3,(H4,7,8,9,10);1H. The lowest BCUT2D eigenvalue weighted by Gasteiger charge is -2.03. The number of thioether (sulfide) groups is 1. The van der Waals surface area contributed by atoms with Gasteiger partial charge in [-0.05, 0) is 0 Å². The summed E-state index contributed by atoms with van der Waals surface area (Å²) in [6.07, 6.45) is 1.76. The van der Waals surface area contributed by atoms with Crippen molar-refractivity contribution in [2.75, 3.05) is 12.8 Å². The Bertz CT molecular complexity index is 180. The van der Waals surface area contributed by atoms with E-state index in [0.717, 1.165) is 5.75 Å². The number of halogens is 1. The number of rotatable bonds is 2. The van der Waals surface area contributed by atoms with E-state index in [0.29, 0.717) is 5.17 Å². The Morgan fingerprint density at radius 1 is 1.83 bits per heavy atom. The van der Waals surface area contributed by atoms with Crippen LogP contribution in [0.4, 0.5) is 0 Å². The van der Waals surface area contributed by atoms with Crippen LogP contribution < -0.4 is 11.1 Å². The molecule has 0 heterocycles. The topological polar surface area (TPSA) is 74.3 Å². The van der Waals surface area contributed by atoms with Crippen molar-refractivity contribution in [2.45, 2.75) is 0 Å². The first kappa shape index (κ1) is 13.9. The fourth-order valence-electron chi connectivity index (χ4n) is 0.410. The molecule has 4 N–H and O–H groups in total. The number of nitrogens with one attached hydrogen (secondary N) is 2. The molecule has 0 radical (unpaired) electrons. The maximum Gasteiger partial charge on any atom is 0.191 e. The van der Waals surface area contributed by atoms with E-state index in [1.54, 1.807) is 13.1 Å². The molecule has 0 aromatic rings. The normalized spacial score (nSPS) is 9.92. The van der Waals surface area contributed by atoms with E-state index in [4.69, 9.17) is 11.1 Å². The van der Waals surface area contributed by atoms with Crippen LogP contribution in [0.25, 0.3) is 0 Å². The lowest BCUT2D eigenvalue weighted by atomic mass is 10.8. The van der Waals surface area contributed by atoms with Crippen LogP contribution in [-0.2, 0) is 0 Å². The van der Waals surface area contributed by atoms with Gasteiger partial charge < -0.3 is 11.1 Å². The summed E-state index contributed by atoms with van der Waals surface area (Å²) in [5.41, 5.74) is 5.09. The van der Waals surface area contributed by atoms with E-state index in [1.807, 2.05) is 0 Å². The molecule has 0 atom stereocenters. The number of amidine groups is 1. The SMILES string of the molecule is C=CCSC(=NC)NC(=N)N.Cl. The summed E-state index contributed by atoms with van der Waals surface area (Å²) in [6, 6.07) is 0. The molecule has 0 amide bonds. The molecule has 0 spiro atoms. The lowest BCUT2D eigenvalue weighted by molar-refractivity contribution is 1.24. The molecule has 0 bridgehead atoms. The van der Waals surface area contributed by atoms with E-state index in [9.17, 15) is 0 Å². The van der Waals surface area contributed by atoms with E-state index < -0.39 is 0 Å². The molecule has 4 nitrogen and oxygen atoms in total. The summed E-state index contributed by atoms with van der Waals surface area (Å²) in [5, 5.41) is 10.1. The minimum atomic E-state index is -0.0952. The van der Waals surface area contributed by atoms with Crippen molar-refractivity contribution in [1.82, 2.24) is 5.32 Å². The zero-order valence-corrected chi connectivity index (χ0v) is 8.47. The fourth-order valence-corrected chi connectivity index (χ4v) is 0.997. The molecule has 0 fully saturated rings. The molecule has 0 aromatic carbocycles. The van der Waals surface area contributed by atoms with Crippen LogP contribution in [0.15, 0.2) is 17.6 Å². The van der Waals surface area contributed by atoms with Crippen LogP contribution in [0.1, 0.15) is 0 Å². The molecule has 0 saturated heterocycles. The van der Waals surface area contributed by atoms with Gasteiger partial charge in [-0.3, -0.25) is 10.4 Å². The molecule has 6 heteroatoms. The van der Waals surface area contributed by atoms with Crippen molar-refractivity contribution < 1.29 is 0 Å². The lowest BCUT2D eigenvalue weighted by Crippen LogP contribution is -2.34. The van der Waals surface area contributed by atoms with Crippen LogP contribution in [0, 0.1) is 5.41 Å². The summed E-state index contributed by atoms with van der Waals surface area (Å²) in [5.74, 6) is 0.662. The molecular formula is C6H13ClN4S. The van der Waals surface area contributed by atoms with E-state index in [1.165, 1.54) is 11.8 Å². The van der Waals surface area contributed by atoms with Gasteiger partial charge in [0.05, 0.1) is 0 Å². The number of hydrogen-bond donors (Lipinski definition) is 3. The highest BCUT2D eigenvalue weighted by molar-refractivity contribution is 8.14. The third kappa shape index (κ3) is 7.43. The highest BCUT2D eigenvalue weighted by atomic mass is 35.5. The Labute approximate surface area is 82.6 Å². The minimum absolute atomic E-state index is 0. The summed E-state index contributed by atoms with van der Waals surface area (Å²) in [7, 11) is 1.64. The molecule has 0 aromatic heterocycles. The number of guanidine groups is 1. The van der Waals surface area contributed by atoms with Crippen molar-refractivity contribution in [2.24, 2.45) is 10.7 Å². The summed E-state index contributed by atoms with van der Waals surface area (Å²) < 4.78 is 0. The van der Waals surface area contributed by atoms with Gasteiger partial charge in [0.15, 0.2) is 11.1 Å². The summed E-state index contributed by atoms with van der Waals surface area (Å²) in [6.45, 7) is 3.56. The minimum Gasteiger partial charge on any atom is -0.370 e. The Hall–Kier alpha value is -0.680. The number of nitrogens with zero attached hydrogens (tertiary/aromatic N) is 1. The molecule has 0 saturated carbocycles. The van der Waals surface area contributed by atoms with Crippen LogP contribution in [0.5, 0.6) is 0 Å². The van der Waals surface area contributed by atoms with Gasteiger partial charge >= 0.3 is 0 Å². The maximum atomic E-state index is 6.91. The third-order valence-electron chi connectivity index (χ3n) is 0.783. The molecule has 0 unspecified atom stereocenters. The Kier molecular flexibility index (Phi) is 9.74. The second-order valence-corrected chi connectivity index (χ2v) is 2.68. The average Bonchev–Trinajstić information content (AvgIpc) is 1.97. The molecular weight excluding hydrogens is 196 g/mol. The van der Waals surface area contributed by atoms with Crippen molar-refractivity contribution in [3.63, 3.8) is 0 Å². The molecule has 0 aliphatic heterocycles. The summed E-state index contributed by atoms with van der Waals surface area (Å²) in [4.78, 5) is 3.87. The van der Waals surface area contributed by atoms with Crippen molar-refractivity contribution in [1.29, 1.82) is 5.41 Å². The van der Waals surface area contributed by atoms with Crippen LogP contribution >= 0.6 is 24.2 Å². The second kappa shape index (κ2) is 8.42. The van der Waals surface area contributed by atoms with Gasteiger partial charge in [-0.25, -0.2) is 0 Å². The quantitative estimate of drug-likeness (QED) is 0.357. The largest absolute Gasteiger partial charge is 0.370 e. The van der Waals surface area contributed by atoms with Gasteiger partial charge in [0.1, 0.15) is 0 Å². The zero-order valence-electron chi connectivity index (χ0n) is 6.83. The highest BCUT2D eigenvalue weighted by Crippen LogP contribution is 2.00. The smallest absolute Gasteiger partial charge is 0.191 e. The van der Waals surface area contributed by atoms with Crippen LogP contribution in [0.2, 0.25) is 0 Å². The monoisotopic (exact) mass is 208 g/mol. The van der Waals surface area contributed by atoms with Gasteiger partial charge in [-0.1, -0.05) is 17.8 Å². The first-order chi connectivity index (χ1) is 5.20. The Balaban J connectivity index is 0. The van der Waals surface area contributed by atoms with Gasteiger partial charge in [0, 0.05) is 12.8 Å². The van der Waals surface area contributed by atoms with E-state index >= 15 is 0 Å². The fraction of sp³-hybridized carbons (Fsp3) is 0.333. The number of aliphatic imine (C=N–C) groups is 1. The Morgan fingerprint density at radius 2 is 2.42 bits per heavy atom. The van der Waals surface area contributed by atoms with Gasteiger partial charge in [-0.2, -0.15) is 0 Å². The van der Waals surface area contributed by atoms with Crippen LogP contribution in [0.3, 0.4) is 0 Å². The molecule has 70 valence electrons. The second-order valence-electron chi connectivity index (χ2n) is 1.67. The number of hydrogen-bond acceptors (Lipinski definition) is 3. The van der Waals surface area contributed by atoms with Gasteiger partial charge in [0.2, 0.25) is 0 Å². The predicted octanol–water partition coefficient (Wildman–Crippen LogP) is 0.796. The van der Waals surface area contributed by atoms with Crippen LogP contribution in [-0.4, -0.2) is 23.9 Å². The van der Waals surface area contributed by atoms with Crippen molar-refractivity contribution in [3.05, 3.63) is 12.7 Å². The highest BCUT2D eigenvalue weighted by Gasteiger charge is 1.96. The summed E-state index contributed by atoms with van der Waals surface area (Å²) >= 11 is 1.45. The molecule has 0 aliphatic carbocycles. The number of nitrogens with two attached hydrogens (primary N) is 1. The van der Waals surface area contributed by atoms with Crippen molar-refractivity contribution in [3.8, 4) is 0 Å². The van der Waals surface area contributed by atoms with Gasteiger partial charge in [-0.15, -0.1) is 19.0 Å². The third-order valence-corrected chi connectivity index (χ3v) is 1.74. The Morgan fingerprint density at radius 3 is 2.75 bits per heavy atom. The van der Waals surface area contributed by atoms with E-state index in [-0.39, 0.29) is 18.4 Å². The molecule has 0 aliphatic rings. The van der Waals surface area contributed by atoms with Gasteiger partial charge in [0.25, 0.3) is 0 Å². The maximum absolute atomic E-state index is 6.91. The first-order valence-electron chi connectivity index (χ1n) is 3.02. The molecule has 12 heavy (non-hydrogen) atoms. The average molecular weight is 209 g/mol. The molecule has 0 rings (SSSR count). The first-order valence-corrected chi connectivity index (χ1v) is 4.00. The zero-order chi connectivity index (χ0) is 8.69. The predicted molar refractivity (Wildman–Crippen MR) is 58.3 cm³/mol. The van der Waals surface area contributed by atoms with E-state index in [2.05, 4.69) is 16.9 Å². The van der Waals surface area contributed by atoms with Crippen molar-refractivity contribution >= 4 is 35.3 Å².